The summed E-state index contributed by atoms with van der Waals surface area (Å²) in [7, 11) is 1.48. The van der Waals surface area contributed by atoms with E-state index in [1.165, 1.54) is 18.9 Å². The van der Waals surface area contributed by atoms with Gasteiger partial charge in [0.05, 0.1) is 32.1 Å². The predicted octanol–water partition coefficient (Wildman–Crippen LogP) is 3.95. The Morgan fingerprint density at radius 3 is 2.81 bits per heavy atom. The van der Waals surface area contributed by atoms with Crippen LogP contribution in [0.25, 0.3) is 5.69 Å². The van der Waals surface area contributed by atoms with E-state index in [2.05, 4.69) is 36.6 Å². The molecule has 1 atom stereocenters. The maximum absolute atomic E-state index is 13.8. The first-order chi connectivity index (χ1) is 17.5. The van der Waals surface area contributed by atoms with Crippen molar-refractivity contribution in [3.8, 4) is 11.4 Å². The summed E-state index contributed by atoms with van der Waals surface area (Å²) in [5, 5.41) is 10.1. The van der Waals surface area contributed by atoms with Crippen LogP contribution in [0.15, 0.2) is 30.5 Å². The number of hydrogen-bond acceptors (Lipinski definition) is 7. The molecule has 1 aromatic carbocycles. The van der Waals surface area contributed by atoms with Crippen LogP contribution in [0.1, 0.15) is 42.4 Å². The number of methoxy groups -OCH3 is 1. The molecule has 7 rings (SSSR count). The molecule has 3 fully saturated rings. The highest BCUT2D eigenvalue weighted by atomic mass is 35.5. The first-order valence-corrected chi connectivity index (χ1v) is 12.9. The molecule has 0 radical (unpaired) electrons. The van der Waals surface area contributed by atoms with Crippen molar-refractivity contribution < 1.29 is 13.9 Å². The van der Waals surface area contributed by atoms with Crippen LogP contribution >= 0.6 is 11.6 Å². The Kier molecular flexibility index (Phi) is 5.23. The van der Waals surface area contributed by atoms with Gasteiger partial charge in [-0.15, -0.1) is 10.2 Å². The third-order valence-electron chi connectivity index (χ3n) is 8.30. The summed E-state index contributed by atoms with van der Waals surface area (Å²) < 4.78 is 26.8. The van der Waals surface area contributed by atoms with E-state index in [1.54, 1.807) is 6.07 Å². The Balaban J connectivity index is 1.12. The average Bonchev–Trinajstić information content (AvgIpc) is 3.46. The summed E-state index contributed by atoms with van der Waals surface area (Å²) in [6, 6.07) is 8.21. The second-order valence-corrected chi connectivity index (χ2v) is 11.1. The van der Waals surface area contributed by atoms with Crippen LogP contribution in [-0.2, 0) is 17.8 Å². The zero-order valence-electron chi connectivity index (χ0n) is 20.2. The SMILES string of the molecule is COc1cc(N2CC3(CC(c4nnc5n4-c4ccc(Cl)cc4CN([C@@H]4CCOC4)C5)C3)C2)ncc1F. The number of anilines is 1. The van der Waals surface area contributed by atoms with Crippen molar-refractivity contribution in [2.45, 2.75) is 44.3 Å². The summed E-state index contributed by atoms with van der Waals surface area (Å²) in [5.74, 6) is 2.94. The Morgan fingerprint density at radius 2 is 2.03 bits per heavy atom. The summed E-state index contributed by atoms with van der Waals surface area (Å²) in [6.07, 6.45) is 4.39. The molecule has 0 unspecified atom stereocenters. The second-order valence-electron chi connectivity index (χ2n) is 10.6. The van der Waals surface area contributed by atoms with Gasteiger partial charge < -0.3 is 14.4 Å². The normalized spacial score (nSPS) is 23.1. The third kappa shape index (κ3) is 3.59. The average molecular weight is 511 g/mol. The van der Waals surface area contributed by atoms with Crippen LogP contribution in [0.5, 0.6) is 5.75 Å². The Labute approximate surface area is 214 Å². The lowest BCUT2D eigenvalue weighted by atomic mass is 9.57. The van der Waals surface area contributed by atoms with Gasteiger partial charge >= 0.3 is 0 Å². The molecule has 36 heavy (non-hydrogen) atoms. The Bertz CT molecular complexity index is 1310. The zero-order valence-corrected chi connectivity index (χ0v) is 20.9. The summed E-state index contributed by atoms with van der Waals surface area (Å²) in [5.41, 5.74) is 2.59. The fourth-order valence-corrected chi connectivity index (χ4v) is 6.67. The van der Waals surface area contributed by atoms with Gasteiger partial charge in [-0.25, -0.2) is 9.37 Å². The molecular weight excluding hydrogens is 483 g/mol. The van der Waals surface area contributed by atoms with Crippen LogP contribution in [0.2, 0.25) is 5.02 Å². The van der Waals surface area contributed by atoms with Gasteiger partial charge in [-0.1, -0.05) is 11.6 Å². The van der Waals surface area contributed by atoms with Gasteiger partial charge in [0.1, 0.15) is 11.6 Å². The molecule has 0 amide bonds. The summed E-state index contributed by atoms with van der Waals surface area (Å²) in [6.45, 7) is 4.96. The van der Waals surface area contributed by atoms with E-state index in [-0.39, 0.29) is 11.2 Å². The van der Waals surface area contributed by atoms with Gasteiger partial charge in [-0.3, -0.25) is 9.47 Å². The van der Waals surface area contributed by atoms with Crippen molar-refractivity contribution in [2.75, 3.05) is 38.3 Å². The number of fused-ring (bicyclic) bond motifs is 3. The molecule has 2 aromatic heterocycles. The number of halogens is 2. The van der Waals surface area contributed by atoms with Gasteiger partial charge in [0.25, 0.3) is 0 Å². The van der Waals surface area contributed by atoms with E-state index < -0.39 is 5.82 Å². The molecule has 1 saturated carbocycles. The maximum Gasteiger partial charge on any atom is 0.183 e. The van der Waals surface area contributed by atoms with E-state index in [0.29, 0.717) is 12.0 Å². The van der Waals surface area contributed by atoms with Crippen molar-refractivity contribution in [1.82, 2.24) is 24.6 Å². The third-order valence-corrected chi connectivity index (χ3v) is 8.54. The van der Waals surface area contributed by atoms with Crippen LogP contribution in [0, 0.1) is 11.2 Å². The minimum Gasteiger partial charge on any atom is -0.493 e. The standard InChI is InChI=1S/C26H28ClFN6O2/c1-35-22-7-23(29-10-20(22)28)33-14-26(15-33)8-17(9-26)25-31-30-24-12-32(19-4-5-36-13-19)11-16-6-18(27)2-3-21(16)34(24)25/h2-3,6-7,10,17,19H,4-5,8-9,11-15H2,1H3/t19-/m1/s1. The highest BCUT2D eigenvalue weighted by Gasteiger charge is 2.54. The van der Waals surface area contributed by atoms with E-state index in [4.69, 9.17) is 26.2 Å². The minimum atomic E-state index is -0.437. The molecule has 0 N–H and O–H groups in total. The summed E-state index contributed by atoms with van der Waals surface area (Å²) in [4.78, 5) is 8.91. The van der Waals surface area contributed by atoms with Crippen LogP contribution in [0.3, 0.4) is 0 Å². The molecule has 4 aliphatic rings. The molecule has 0 bridgehead atoms. The number of pyridine rings is 1. The highest BCUT2D eigenvalue weighted by Crippen LogP contribution is 2.56. The minimum absolute atomic E-state index is 0.232. The van der Waals surface area contributed by atoms with Gasteiger partial charge in [0.2, 0.25) is 0 Å². The number of aromatic nitrogens is 4. The molecule has 1 aliphatic carbocycles. The van der Waals surface area contributed by atoms with E-state index in [0.717, 1.165) is 86.8 Å². The molecule has 10 heteroatoms. The lowest BCUT2D eigenvalue weighted by Gasteiger charge is -2.59. The molecule has 1 spiro atoms. The van der Waals surface area contributed by atoms with E-state index in [1.807, 2.05) is 6.07 Å². The molecule has 3 aromatic rings. The highest BCUT2D eigenvalue weighted by molar-refractivity contribution is 6.30. The zero-order chi connectivity index (χ0) is 24.4. The Morgan fingerprint density at radius 1 is 1.17 bits per heavy atom. The molecule has 188 valence electrons. The first kappa shape index (κ1) is 22.4. The van der Waals surface area contributed by atoms with Crippen molar-refractivity contribution in [3.63, 3.8) is 0 Å². The molecule has 2 saturated heterocycles. The number of nitrogens with zero attached hydrogens (tertiary/aromatic N) is 6. The van der Waals surface area contributed by atoms with Crippen molar-refractivity contribution in [3.05, 3.63) is 58.5 Å². The lowest BCUT2D eigenvalue weighted by Crippen LogP contribution is -2.62. The molecular formula is C26H28ClFN6O2. The van der Waals surface area contributed by atoms with E-state index >= 15 is 0 Å². The second kappa shape index (κ2) is 8.39. The van der Waals surface area contributed by atoms with Crippen LogP contribution in [0.4, 0.5) is 10.2 Å². The van der Waals surface area contributed by atoms with Crippen LogP contribution in [-0.4, -0.2) is 64.1 Å². The van der Waals surface area contributed by atoms with Gasteiger partial charge in [-0.05, 0) is 43.0 Å². The fraction of sp³-hybridized carbons (Fsp3) is 0.500. The van der Waals surface area contributed by atoms with Crippen LogP contribution < -0.4 is 9.64 Å². The first-order valence-electron chi connectivity index (χ1n) is 12.5. The van der Waals surface area contributed by atoms with Crippen molar-refractivity contribution in [1.29, 1.82) is 0 Å². The van der Waals surface area contributed by atoms with Crippen molar-refractivity contribution >= 4 is 17.4 Å². The number of rotatable bonds is 4. The predicted molar refractivity (Wildman–Crippen MR) is 132 cm³/mol. The number of ether oxygens (including phenoxy) is 2. The number of hydrogen-bond donors (Lipinski definition) is 0. The monoisotopic (exact) mass is 510 g/mol. The van der Waals surface area contributed by atoms with Gasteiger partial charge in [0, 0.05) is 54.7 Å². The number of benzene rings is 1. The quantitative estimate of drug-likeness (QED) is 0.526. The van der Waals surface area contributed by atoms with Gasteiger partial charge in [0.15, 0.2) is 17.4 Å². The molecule has 3 aliphatic heterocycles. The Hall–Kier alpha value is -2.75. The smallest absolute Gasteiger partial charge is 0.183 e. The lowest BCUT2D eigenvalue weighted by molar-refractivity contribution is 0.0581. The summed E-state index contributed by atoms with van der Waals surface area (Å²) >= 11 is 6.41. The van der Waals surface area contributed by atoms with Crippen molar-refractivity contribution in [2.24, 2.45) is 5.41 Å². The van der Waals surface area contributed by atoms with Gasteiger partial charge in [-0.2, -0.15) is 0 Å². The largest absolute Gasteiger partial charge is 0.493 e. The molecule has 8 nitrogen and oxygen atoms in total. The van der Waals surface area contributed by atoms with E-state index in [9.17, 15) is 4.39 Å². The molecule has 5 heterocycles. The fourth-order valence-electron chi connectivity index (χ4n) is 6.47. The maximum atomic E-state index is 13.8. The topological polar surface area (TPSA) is 68.5 Å².